The molecule has 0 radical (unpaired) electrons. The molecule has 2 rings (SSSR count). The summed E-state index contributed by atoms with van der Waals surface area (Å²) in [4.78, 5) is 17.2. The molecule has 7 nitrogen and oxygen atoms in total. The van der Waals surface area contributed by atoms with E-state index < -0.39 is 36.9 Å². The topological polar surface area (TPSA) is 87.8 Å². The van der Waals surface area contributed by atoms with E-state index in [0.29, 0.717) is 5.82 Å². The summed E-state index contributed by atoms with van der Waals surface area (Å²) < 4.78 is 20.0. The van der Waals surface area contributed by atoms with E-state index >= 15 is 0 Å². The Morgan fingerprint density at radius 1 is 1.58 bits per heavy atom. The van der Waals surface area contributed by atoms with Crippen LogP contribution in [0.4, 0.5) is 10.2 Å². The smallest absolute Gasteiger partial charge is 0.351 e. The maximum absolute atomic E-state index is 13.9. The first-order chi connectivity index (χ1) is 8.95. The summed E-state index contributed by atoms with van der Waals surface area (Å²) in [5, 5.41) is 18.5. The second kappa shape index (κ2) is 5.24. The molecule has 0 aliphatic carbocycles. The first-order valence-corrected chi connectivity index (χ1v) is 5.80. The third-order valence-corrected chi connectivity index (χ3v) is 3.02. The average molecular weight is 273 g/mol. The lowest BCUT2D eigenvalue weighted by atomic mass is 10.1. The molecular formula is C11H16FN3O4. The van der Waals surface area contributed by atoms with Gasteiger partial charge in [-0.25, -0.2) is 9.18 Å². The van der Waals surface area contributed by atoms with E-state index in [0.717, 1.165) is 4.57 Å². The summed E-state index contributed by atoms with van der Waals surface area (Å²) in [6.45, 7) is -0.518. The minimum absolute atomic E-state index is 0.439. The van der Waals surface area contributed by atoms with Crippen LogP contribution in [0.2, 0.25) is 0 Å². The summed E-state index contributed by atoms with van der Waals surface area (Å²) in [7, 11) is 3.45. The van der Waals surface area contributed by atoms with E-state index in [1.807, 2.05) is 0 Å². The number of aliphatic hydroxyl groups is 2. The number of rotatable bonds is 3. The lowest BCUT2D eigenvalue weighted by Gasteiger charge is -2.17. The van der Waals surface area contributed by atoms with E-state index in [2.05, 4.69) is 4.98 Å². The largest absolute Gasteiger partial charge is 0.394 e. The Labute approximate surface area is 108 Å². The highest BCUT2D eigenvalue weighted by Gasteiger charge is 2.45. The van der Waals surface area contributed by atoms with Gasteiger partial charge in [-0.1, -0.05) is 0 Å². The number of nitrogens with zero attached hydrogens (tertiary/aromatic N) is 3. The minimum Gasteiger partial charge on any atom is -0.394 e. The summed E-state index contributed by atoms with van der Waals surface area (Å²) >= 11 is 0. The quantitative estimate of drug-likeness (QED) is 0.726. The summed E-state index contributed by atoms with van der Waals surface area (Å²) in [5.74, 6) is 0.439. The number of aliphatic hydroxyl groups excluding tert-OH is 2. The Morgan fingerprint density at radius 2 is 2.26 bits per heavy atom. The normalized spacial score (nSPS) is 30.6. The molecule has 1 saturated heterocycles. The van der Waals surface area contributed by atoms with Crippen LogP contribution in [0.5, 0.6) is 0 Å². The van der Waals surface area contributed by atoms with Crippen molar-refractivity contribution < 1.29 is 19.3 Å². The lowest BCUT2D eigenvalue weighted by Crippen LogP contribution is -2.34. The molecule has 1 fully saturated rings. The van der Waals surface area contributed by atoms with Crippen molar-refractivity contribution in [2.24, 2.45) is 0 Å². The van der Waals surface area contributed by atoms with Gasteiger partial charge in [0.05, 0.1) is 6.61 Å². The molecule has 8 heteroatoms. The van der Waals surface area contributed by atoms with Crippen molar-refractivity contribution in [1.29, 1.82) is 0 Å². The Kier molecular flexibility index (Phi) is 3.83. The molecule has 1 aliphatic rings. The maximum Gasteiger partial charge on any atom is 0.351 e. The van der Waals surface area contributed by atoms with Crippen LogP contribution < -0.4 is 10.6 Å². The minimum atomic E-state index is -1.79. The molecule has 1 aromatic rings. The standard InChI is InChI=1S/C11H16FN3O4/c1-14(2)7-3-4-15(11(18)13-7)10-8(12)9(17)6(5-16)19-10/h3-4,6,8-10,16-17H,5H2,1-2H3/t6-,8+,9+,10-/m1/s1. The molecule has 0 aromatic carbocycles. The second-order valence-corrected chi connectivity index (χ2v) is 4.55. The van der Waals surface area contributed by atoms with Crippen LogP contribution in [0.25, 0.3) is 0 Å². The molecule has 106 valence electrons. The van der Waals surface area contributed by atoms with E-state index in [4.69, 9.17) is 9.84 Å². The van der Waals surface area contributed by atoms with Crippen molar-refractivity contribution in [2.75, 3.05) is 25.6 Å². The molecule has 19 heavy (non-hydrogen) atoms. The van der Waals surface area contributed by atoms with Crippen LogP contribution in [0.3, 0.4) is 0 Å². The highest BCUT2D eigenvalue weighted by Crippen LogP contribution is 2.30. The zero-order chi connectivity index (χ0) is 14.2. The lowest BCUT2D eigenvalue weighted by molar-refractivity contribution is -0.0491. The molecule has 0 unspecified atom stereocenters. The van der Waals surface area contributed by atoms with Crippen molar-refractivity contribution in [2.45, 2.75) is 24.6 Å². The van der Waals surface area contributed by atoms with Crippen molar-refractivity contribution in [1.82, 2.24) is 9.55 Å². The number of hydrogen-bond acceptors (Lipinski definition) is 6. The number of aromatic nitrogens is 2. The van der Waals surface area contributed by atoms with Gasteiger partial charge in [0.15, 0.2) is 12.4 Å². The molecule has 1 aliphatic heterocycles. The number of ether oxygens (including phenoxy) is 1. The predicted molar refractivity (Wildman–Crippen MR) is 64.7 cm³/mol. The van der Waals surface area contributed by atoms with Gasteiger partial charge in [0.1, 0.15) is 18.0 Å². The molecule has 2 N–H and O–H groups in total. The molecule has 0 amide bonds. The van der Waals surface area contributed by atoms with Gasteiger partial charge in [0.25, 0.3) is 0 Å². The van der Waals surface area contributed by atoms with Crippen molar-refractivity contribution >= 4 is 5.82 Å². The molecular weight excluding hydrogens is 257 g/mol. The third-order valence-electron chi connectivity index (χ3n) is 3.02. The summed E-state index contributed by atoms with van der Waals surface area (Å²) in [6, 6.07) is 1.54. The van der Waals surface area contributed by atoms with Gasteiger partial charge >= 0.3 is 5.69 Å². The molecule has 0 bridgehead atoms. The molecule has 0 spiro atoms. The SMILES string of the molecule is CN(C)c1ccn([C@@H]2O[C@H](CO)[C@H](O)[C@@H]2F)c(=O)n1. The van der Waals surface area contributed by atoms with E-state index in [1.54, 1.807) is 19.0 Å². The second-order valence-electron chi connectivity index (χ2n) is 4.55. The molecule has 4 atom stereocenters. The number of halogens is 1. The Morgan fingerprint density at radius 3 is 2.74 bits per heavy atom. The number of anilines is 1. The van der Waals surface area contributed by atoms with Crippen LogP contribution >= 0.6 is 0 Å². The predicted octanol–water partition coefficient (Wildman–Crippen LogP) is -1.10. The van der Waals surface area contributed by atoms with Crippen molar-refractivity contribution in [3.63, 3.8) is 0 Å². The Balaban J connectivity index is 2.31. The summed E-state index contributed by atoms with van der Waals surface area (Å²) in [6.07, 6.45) is -4.21. The zero-order valence-corrected chi connectivity index (χ0v) is 10.6. The first-order valence-electron chi connectivity index (χ1n) is 5.80. The summed E-state index contributed by atoms with van der Waals surface area (Å²) in [5.41, 5.74) is -0.676. The van der Waals surface area contributed by atoms with Crippen LogP contribution in [0, 0.1) is 0 Å². The van der Waals surface area contributed by atoms with Crippen LogP contribution in [-0.2, 0) is 4.74 Å². The Hall–Kier alpha value is -1.51. The van der Waals surface area contributed by atoms with E-state index in [1.165, 1.54) is 12.3 Å². The van der Waals surface area contributed by atoms with Gasteiger partial charge < -0.3 is 19.8 Å². The van der Waals surface area contributed by atoms with Crippen LogP contribution in [0.1, 0.15) is 6.23 Å². The number of hydrogen-bond donors (Lipinski definition) is 2. The molecule has 0 saturated carbocycles. The average Bonchev–Trinajstić information content (AvgIpc) is 2.66. The van der Waals surface area contributed by atoms with Crippen LogP contribution in [0.15, 0.2) is 17.1 Å². The van der Waals surface area contributed by atoms with Crippen molar-refractivity contribution in [3.8, 4) is 0 Å². The van der Waals surface area contributed by atoms with Gasteiger partial charge in [0, 0.05) is 20.3 Å². The van der Waals surface area contributed by atoms with E-state index in [-0.39, 0.29) is 0 Å². The fourth-order valence-electron chi connectivity index (χ4n) is 1.92. The molecule has 1 aromatic heterocycles. The third kappa shape index (κ3) is 2.46. The first kappa shape index (κ1) is 13.9. The van der Waals surface area contributed by atoms with E-state index in [9.17, 15) is 14.3 Å². The zero-order valence-electron chi connectivity index (χ0n) is 10.6. The fourth-order valence-corrected chi connectivity index (χ4v) is 1.92. The van der Waals surface area contributed by atoms with Gasteiger partial charge in [-0.15, -0.1) is 0 Å². The van der Waals surface area contributed by atoms with Gasteiger partial charge in [-0.2, -0.15) is 4.98 Å². The van der Waals surface area contributed by atoms with Crippen molar-refractivity contribution in [3.05, 3.63) is 22.7 Å². The maximum atomic E-state index is 13.9. The Bertz CT molecular complexity index is 507. The number of alkyl halides is 1. The van der Waals surface area contributed by atoms with Crippen LogP contribution in [-0.4, -0.2) is 58.8 Å². The monoisotopic (exact) mass is 273 g/mol. The fraction of sp³-hybridized carbons (Fsp3) is 0.636. The molecule has 2 heterocycles. The highest BCUT2D eigenvalue weighted by molar-refractivity contribution is 5.33. The van der Waals surface area contributed by atoms with Gasteiger partial charge in [0.2, 0.25) is 0 Å². The van der Waals surface area contributed by atoms with Gasteiger partial charge in [-0.05, 0) is 6.07 Å². The highest BCUT2D eigenvalue weighted by atomic mass is 19.1. The van der Waals surface area contributed by atoms with Gasteiger partial charge in [-0.3, -0.25) is 4.57 Å².